The summed E-state index contributed by atoms with van der Waals surface area (Å²) in [4.78, 5) is 21.1. The first-order valence-electron chi connectivity index (χ1n) is 5.53. The number of nitrogens with zero attached hydrogens (tertiary/aromatic N) is 1. The Morgan fingerprint density at radius 3 is 2.33 bits per heavy atom. The van der Waals surface area contributed by atoms with Gasteiger partial charge in [-0.1, -0.05) is 6.07 Å². The van der Waals surface area contributed by atoms with Crippen molar-refractivity contribution < 1.29 is 28.3 Å². The summed E-state index contributed by atoms with van der Waals surface area (Å²) in [5, 5.41) is 19.9. The minimum absolute atomic E-state index is 0.385. The van der Waals surface area contributed by atoms with Gasteiger partial charge in [0.2, 0.25) is 5.75 Å². The summed E-state index contributed by atoms with van der Waals surface area (Å²) >= 11 is 0. The van der Waals surface area contributed by atoms with Crippen molar-refractivity contribution in [3.05, 3.63) is 63.7 Å². The van der Waals surface area contributed by atoms with Crippen LogP contribution in [-0.2, 0) is 0 Å². The molecule has 0 unspecified atom stereocenters. The summed E-state index contributed by atoms with van der Waals surface area (Å²) in [5.41, 5.74) is -1.12. The number of ether oxygens (including phenoxy) is 1. The van der Waals surface area contributed by atoms with Gasteiger partial charge in [0.15, 0.2) is 0 Å². The maximum atomic E-state index is 13.1. The molecule has 0 aliphatic heterocycles. The maximum Gasteiger partial charge on any atom is 0.339 e. The number of hydrogen-bond acceptors (Lipinski definition) is 4. The summed E-state index contributed by atoms with van der Waals surface area (Å²) in [6, 6.07) is 5.43. The molecular formula is C13H7F2NO5. The number of nitro groups is 1. The van der Waals surface area contributed by atoms with Gasteiger partial charge in [0.05, 0.1) is 4.92 Å². The largest absolute Gasteiger partial charge is 0.478 e. The highest BCUT2D eigenvalue weighted by atomic mass is 19.1. The molecule has 0 saturated heterocycles. The highest BCUT2D eigenvalue weighted by molar-refractivity contribution is 5.92. The molecule has 108 valence electrons. The van der Waals surface area contributed by atoms with Gasteiger partial charge < -0.3 is 9.84 Å². The highest BCUT2D eigenvalue weighted by Gasteiger charge is 2.24. The molecule has 8 heteroatoms. The minimum Gasteiger partial charge on any atom is -0.478 e. The average molecular weight is 295 g/mol. The molecule has 0 atom stereocenters. The van der Waals surface area contributed by atoms with Crippen LogP contribution in [0, 0.1) is 21.7 Å². The standard InChI is InChI=1S/C13H7F2NO5/c14-7-4-8(15)6-9(5-7)21-12-10(13(17)18)2-1-3-11(12)16(19)20/h1-6H,(H,17,18). The van der Waals surface area contributed by atoms with Gasteiger partial charge in [-0.15, -0.1) is 0 Å². The van der Waals surface area contributed by atoms with Gasteiger partial charge in [0, 0.05) is 24.3 Å². The molecule has 2 aromatic carbocycles. The van der Waals surface area contributed by atoms with E-state index in [2.05, 4.69) is 0 Å². The van der Waals surface area contributed by atoms with E-state index in [1.807, 2.05) is 0 Å². The Hall–Kier alpha value is -3.03. The molecule has 0 heterocycles. The van der Waals surface area contributed by atoms with Crippen LogP contribution in [0.1, 0.15) is 10.4 Å². The van der Waals surface area contributed by atoms with Crippen molar-refractivity contribution in [3.8, 4) is 11.5 Å². The lowest BCUT2D eigenvalue weighted by Crippen LogP contribution is -2.03. The molecule has 0 spiro atoms. The van der Waals surface area contributed by atoms with Gasteiger partial charge in [-0.25, -0.2) is 13.6 Å². The van der Waals surface area contributed by atoms with E-state index in [0.29, 0.717) is 6.07 Å². The van der Waals surface area contributed by atoms with Crippen LogP contribution >= 0.6 is 0 Å². The van der Waals surface area contributed by atoms with E-state index < -0.39 is 39.5 Å². The van der Waals surface area contributed by atoms with Crippen molar-refractivity contribution in [2.24, 2.45) is 0 Å². The van der Waals surface area contributed by atoms with Gasteiger partial charge >= 0.3 is 11.7 Å². The van der Waals surface area contributed by atoms with Crippen LogP contribution in [0.15, 0.2) is 36.4 Å². The molecule has 0 aliphatic carbocycles. The Bertz CT molecular complexity index is 680. The van der Waals surface area contributed by atoms with Crippen molar-refractivity contribution >= 4 is 11.7 Å². The molecule has 2 rings (SSSR count). The second-order valence-electron chi connectivity index (χ2n) is 3.92. The SMILES string of the molecule is O=C(O)c1cccc([N+](=O)[O-])c1Oc1cc(F)cc(F)c1. The zero-order valence-corrected chi connectivity index (χ0v) is 10.2. The van der Waals surface area contributed by atoms with E-state index in [9.17, 15) is 23.7 Å². The zero-order chi connectivity index (χ0) is 15.6. The maximum absolute atomic E-state index is 13.1. The molecule has 21 heavy (non-hydrogen) atoms. The zero-order valence-electron chi connectivity index (χ0n) is 10.2. The van der Waals surface area contributed by atoms with E-state index in [4.69, 9.17) is 9.84 Å². The number of hydrogen-bond donors (Lipinski definition) is 1. The van der Waals surface area contributed by atoms with Gasteiger partial charge in [0.25, 0.3) is 0 Å². The minimum atomic E-state index is -1.47. The van der Waals surface area contributed by atoms with E-state index in [1.54, 1.807) is 0 Å². The third-order valence-corrected chi connectivity index (χ3v) is 2.48. The van der Waals surface area contributed by atoms with Gasteiger partial charge in [0.1, 0.15) is 22.9 Å². The number of rotatable bonds is 4. The van der Waals surface area contributed by atoms with Crippen molar-refractivity contribution in [2.75, 3.05) is 0 Å². The van der Waals surface area contributed by atoms with E-state index in [0.717, 1.165) is 24.3 Å². The van der Waals surface area contributed by atoms with Crippen LogP contribution in [0.4, 0.5) is 14.5 Å². The smallest absolute Gasteiger partial charge is 0.339 e. The number of nitro benzene ring substituents is 1. The van der Waals surface area contributed by atoms with E-state index in [-0.39, 0.29) is 5.75 Å². The van der Waals surface area contributed by atoms with Crippen LogP contribution in [0.25, 0.3) is 0 Å². The van der Waals surface area contributed by atoms with Crippen LogP contribution in [0.5, 0.6) is 11.5 Å². The molecule has 6 nitrogen and oxygen atoms in total. The lowest BCUT2D eigenvalue weighted by Gasteiger charge is -2.09. The number of carboxylic acid groups (broad SMARTS) is 1. The van der Waals surface area contributed by atoms with Gasteiger partial charge in [-0.05, 0) is 6.07 Å². The molecule has 1 N–H and O–H groups in total. The van der Waals surface area contributed by atoms with Crippen LogP contribution < -0.4 is 4.74 Å². The van der Waals surface area contributed by atoms with Crippen molar-refractivity contribution in [2.45, 2.75) is 0 Å². The third kappa shape index (κ3) is 3.11. The number of carbonyl (C=O) groups is 1. The van der Waals surface area contributed by atoms with Gasteiger partial charge in [-0.2, -0.15) is 0 Å². The molecule has 0 bridgehead atoms. The summed E-state index contributed by atoms with van der Waals surface area (Å²) in [5.74, 6) is -4.37. The summed E-state index contributed by atoms with van der Waals surface area (Å²) in [7, 11) is 0. The molecule has 0 fully saturated rings. The van der Waals surface area contributed by atoms with E-state index >= 15 is 0 Å². The lowest BCUT2D eigenvalue weighted by molar-refractivity contribution is -0.385. The summed E-state index contributed by atoms with van der Waals surface area (Å²) < 4.78 is 31.2. The van der Waals surface area contributed by atoms with Crippen LogP contribution in [0.3, 0.4) is 0 Å². The quantitative estimate of drug-likeness (QED) is 0.690. The number of benzene rings is 2. The normalized spacial score (nSPS) is 10.2. The van der Waals surface area contributed by atoms with Crippen molar-refractivity contribution in [3.63, 3.8) is 0 Å². The van der Waals surface area contributed by atoms with Crippen molar-refractivity contribution in [1.29, 1.82) is 0 Å². The van der Waals surface area contributed by atoms with Gasteiger partial charge in [-0.3, -0.25) is 10.1 Å². The predicted octanol–water partition coefficient (Wildman–Crippen LogP) is 3.36. The summed E-state index contributed by atoms with van der Waals surface area (Å²) in [6.07, 6.45) is 0. The molecule has 0 aliphatic rings. The topological polar surface area (TPSA) is 89.7 Å². The number of aromatic carboxylic acids is 1. The molecular weight excluding hydrogens is 288 g/mol. The number of halogens is 2. The van der Waals surface area contributed by atoms with Crippen molar-refractivity contribution in [1.82, 2.24) is 0 Å². The fourth-order valence-electron chi connectivity index (χ4n) is 1.65. The Morgan fingerprint density at radius 2 is 1.81 bits per heavy atom. The molecule has 0 radical (unpaired) electrons. The fraction of sp³-hybridized carbons (Fsp3) is 0. The predicted molar refractivity (Wildman–Crippen MR) is 66.5 cm³/mol. The Balaban J connectivity index is 2.56. The average Bonchev–Trinajstić information content (AvgIpc) is 2.37. The Morgan fingerprint density at radius 1 is 1.19 bits per heavy atom. The first-order chi connectivity index (χ1) is 9.88. The first-order valence-corrected chi connectivity index (χ1v) is 5.53. The monoisotopic (exact) mass is 295 g/mol. The Kier molecular flexibility index (Phi) is 3.79. The molecule has 0 saturated carbocycles. The number of carboxylic acids is 1. The Labute approximate surface area is 116 Å². The lowest BCUT2D eigenvalue weighted by atomic mass is 10.1. The highest BCUT2D eigenvalue weighted by Crippen LogP contribution is 2.35. The van der Waals surface area contributed by atoms with Crippen LogP contribution in [-0.4, -0.2) is 16.0 Å². The third-order valence-electron chi connectivity index (χ3n) is 2.48. The summed E-state index contributed by atoms with van der Waals surface area (Å²) in [6.45, 7) is 0. The van der Waals surface area contributed by atoms with Crippen LogP contribution in [0.2, 0.25) is 0 Å². The van der Waals surface area contributed by atoms with E-state index in [1.165, 1.54) is 6.07 Å². The second-order valence-corrected chi connectivity index (χ2v) is 3.92. The first kappa shape index (κ1) is 14.4. The second kappa shape index (κ2) is 5.53. The molecule has 0 aromatic heterocycles. The number of para-hydroxylation sites is 1. The fourth-order valence-corrected chi connectivity index (χ4v) is 1.65. The molecule has 2 aromatic rings. The molecule has 0 amide bonds.